The van der Waals surface area contributed by atoms with E-state index in [-0.39, 0.29) is 11.4 Å². The highest BCUT2D eigenvalue weighted by molar-refractivity contribution is 9.10. The molecule has 11 heteroatoms. The van der Waals surface area contributed by atoms with Gasteiger partial charge in [-0.1, -0.05) is 0 Å². The lowest BCUT2D eigenvalue weighted by Gasteiger charge is -2.22. The Labute approximate surface area is 173 Å². The number of nitrogens with one attached hydrogen (secondary N) is 1. The van der Waals surface area contributed by atoms with Crippen LogP contribution in [0.25, 0.3) is 0 Å². The first kappa shape index (κ1) is 20.5. The number of anilines is 1. The zero-order valence-electron chi connectivity index (χ0n) is 15.0. The SMILES string of the molecule is O=C(COC(=O)[C@@H]1CCCN1C(=O)c1ccco1)Nc1ccc([N+](=O)[O-])cc1Br. The standard InChI is InChI=1S/C18H16BrN3O7/c19-12-9-11(22(26)27)5-6-13(12)20-16(23)10-29-18(25)14-3-1-7-21(14)17(24)15-4-2-8-28-15/h2,4-6,8-9,14H,1,3,7,10H2,(H,20,23)/t14-/m0/s1. The molecule has 1 aromatic heterocycles. The van der Waals surface area contributed by atoms with Crippen molar-refractivity contribution in [1.82, 2.24) is 4.90 Å². The molecule has 152 valence electrons. The maximum absolute atomic E-state index is 12.4. The maximum Gasteiger partial charge on any atom is 0.329 e. The molecule has 1 fully saturated rings. The first-order valence-corrected chi connectivity index (χ1v) is 9.41. The van der Waals surface area contributed by atoms with Crippen LogP contribution in [-0.4, -0.2) is 46.8 Å². The third-order valence-electron chi connectivity index (χ3n) is 4.30. The highest BCUT2D eigenvalue weighted by atomic mass is 79.9. The van der Waals surface area contributed by atoms with E-state index in [2.05, 4.69) is 21.2 Å². The number of benzene rings is 1. The number of ether oxygens (including phenoxy) is 1. The smallest absolute Gasteiger partial charge is 0.329 e. The van der Waals surface area contributed by atoms with Crippen LogP contribution in [-0.2, 0) is 14.3 Å². The summed E-state index contributed by atoms with van der Waals surface area (Å²) >= 11 is 3.14. The van der Waals surface area contributed by atoms with Crippen molar-refractivity contribution in [2.24, 2.45) is 0 Å². The van der Waals surface area contributed by atoms with Crippen LogP contribution >= 0.6 is 15.9 Å². The first-order chi connectivity index (χ1) is 13.9. The van der Waals surface area contributed by atoms with Gasteiger partial charge in [0.2, 0.25) is 0 Å². The molecule has 1 aromatic carbocycles. The largest absolute Gasteiger partial charge is 0.459 e. The number of carbonyl (C=O) groups excluding carboxylic acids is 3. The molecule has 1 N–H and O–H groups in total. The zero-order chi connectivity index (χ0) is 21.0. The second-order valence-corrected chi connectivity index (χ2v) is 7.07. The molecular formula is C18H16BrN3O7. The van der Waals surface area contributed by atoms with Gasteiger partial charge in [-0.15, -0.1) is 0 Å². The number of nitro groups is 1. The summed E-state index contributed by atoms with van der Waals surface area (Å²) in [6, 6.07) is 6.16. The minimum absolute atomic E-state index is 0.130. The Hall–Kier alpha value is -3.21. The Bertz CT molecular complexity index is 945. The predicted octanol–water partition coefficient (Wildman–Crippen LogP) is 2.74. The van der Waals surface area contributed by atoms with Crippen LogP contribution in [0.5, 0.6) is 0 Å². The van der Waals surface area contributed by atoms with Gasteiger partial charge in [0.25, 0.3) is 17.5 Å². The number of rotatable bonds is 6. The predicted molar refractivity (Wildman–Crippen MR) is 103 cm³/mol. The van der Waals surface area contributed by atoms with Crippen LogP contribution in [0.3, 0.4) is 0 Å². The van der Waals surface area contributed by atoms with Crippen molar-refractivity contribution in [2.75, 3.05) is 18.5 Å². The zero-order valence-corrected chi connectivity index (χ0v) is 16.6. The van der Waals surface area contributed by atoms with E-state index in [9.17, 15) is 24.5 Å². The summed E-state index contributed by atoms with van der Waals surface area (Å²) in [5, 5.41) is 13.2. The van der Waals surface area contributed by atoms with E-state index in [4.69, 9.17) is 9.15 Å². The summed E-state index contributed by atoms with van der Waals surface area (Å²) in [7, 11) is 0. The molecule has 2 heterocycles. The molecule has 2 amide bonds. The fourth-order valence-electron chi connectivity index (χ4n) is 2.93. The van der Waals surface area contributed by atoms with Crippen molar-refractivity contribution in [2.45, 2.75) is 18.9 Å². The van der Waals surface area contributed by atoms with Gasteiger partial charge in [-0.2, -0.15) is 0 Å². The molecule has 0 unspecified atom stereocenters. The number of halogens is 1. The third kappa shape index (κ3) is 4.80. The second-order valence-electron chi connectivity index (χ2n) is 6.21. The van der Waals surface area contributed by atoms with Gasteiger partial charge in [-0.3, -0.25) is 19.7 Å². The average molecular weight is 466 g/mol. The van der Waals surface area contributed by atoms with Crippen molar-refractivity contribution in [1.29, 1.82) is 0 Å². The maximum atomic E-state index is 12.4. The minimum atomic E-state index is -0.786. The fourth-order valence-corrected chi connectivity index (χ4v) is 3.40. The van der Waals surface area contributed by atoms with E-state index in [0.29, 0.717) is 29.5 Å². The summed E-state index contributed by atoms with van der Waals surface area (Å²) in [5.74, 6) is -1.57. The van der Waals surface area contributed by atoms with Crippen LogP contribution in [0, 0.1) is 10.1 Å². The topological polar surface area (TPSA) is 132 Å². The lowest BCUT2D eigenvalue weighted by molar-refractivity contribution is -0.384. The number of nitro benzene ring substituents is 1. The molecule has 1 aliphatic rings. The number of likely N-dealkylation sites (tertiary alicyclic amines) is 1. The molecule has 1 saturated heterocycles. The monoisotopic (exact) mass is 465 g/mol. The van der Waals surface area contributed by atoms with Crippen molar-refractivity contribution in [3.63, 3.8) is 0 Å². The van der Waals surface area contributed by atoms with Gasteiger partial charge in [0, 0.05) is 23.2 Å². The molecule has 2 aromatic rings. The molecule has 3 rings (SSSR count). The Balaban J connectivity index is 1.55. The van der Waals surface area contributed by atoms with Crippen molar-refractivity contribution in [3.05, 3.63) is 56.9 Å². The third-order valence-corrected chi connectivity index (χ3v) is 4.96. The summed E-state index contributed by atoms with van der Waals surface area (Å²) in [4.78, 5) is 48.4. The van der Waals surface area contributed by atoms with Gasteiger partial charge >= 0.3 is 5.97 Å². The summed E-state index contributed by atoms with van der Waals surface area (Å²) in [5.41, 5.74) is 0.163. The Morgan fingerprint density at radius 2 is 2.14 bits per heavy atom. The van der Waals surface area contributed by atoms with Crippen LogP contribution in [0.15, 0.2) is 45.5 Å². The number of esters is 1. The quantitative estimate of drug-likeness (QED) is 0.393. The van der Waals surface area contributed by atoms with Gasteiger partial charge in [0.05, 0.1) is 16.9 Å². The number of hydrogen-bond donors (Lipinski definition) is 1. The lowest BCUT2D eigenvalue weighted by Crippen LogP contribution is -2.42. The Kier molecular flexibility index (Phi) is 6.27. The molecule has 1 atom stereocenters. The minimum Gasteiger partial charge on any atom is -0.459 e. The van der Waals surface area contributed by atoms with Crippen LogP contribution in [0.1, 0.15) is 23.4 Å². The number of nitrogens with zero attached hydrogens (tertiary/aromatic N) is 2. The molecule has 0 aliphatic carbocycles. The molecular weight excluding hydrogens is 450 g/mol. The Morgan fingerprint density at radius 3 is 2.79 bits per heavy atom. The first-order valence-electron chi connectivity index (χ1n) is 8.61. The van der Waals surface area contributed by atoms with Crippen molar-refractivity contribution >= 4 is 45.1 Å². The molecule has 0 radical (unpaired) electrons. The summed E-state index contributed by atoms with van der Waals surface area (Å²) < 4.78 is 10.5. The number of carbonyl (C=O) groups is 3. The van der Waals surface area contributed by atoms with Gasteiger partial charge in [-0.05, 0) is 47.0 Å². The molecule has 29 heavy (non-hydrogen) atoms. The van der Waals surface area contributed by atoms with Crippen LogP contribution in [0.4, 0.5) is 11.4 Å². The normalized spacial score (nSPS) is 15.8. The van der Waals surface area contributed by atoms with Gasteiger partial charge < -0.3 is 19.4 Å². The van der Waals surface area contributed by atoms with E-state index in [1.165, 1.54) is 35.4 Å². The number of amides is 2. The average Bonchev–Trinajstić information content (AvgIpc) is 3.39. The number of non-ortho nitro benzene ring substituents is 1. The van der Waals surface area contributed by atoms with E-state index < -0.39 is 35.4 Å². The highest BCUT2D eigenvalue weighted by Crippen LogP contribution is 2.27. The fraction of sp³-hybridized carbons (Fsp3) is 0.278. The second kappa shape index (κ2) is 8.86. The van der Waals surface area contributed by atoms with Crippen molar-refractivity contribution in [3.8, 4) is 0 Å². The van der Waals surface area contributed by atoms with Gasteiger partial charge in [-0.25, -0.2) is 4.79 Å². The summed E-state index contributed by atoms with van der Waals surface area (Å²) in [6.07, 6.45) is 2.44. The molecule has 0 spiro atoms. The Morgan fingerprint density at radius 1 is 1.34 bits per heavy atom. The highest BCUT2D eigenvalue weighted by Gasteiger charge is 2.36. The van der Waals surface area contributed by atoms with Crippen molar-refractivity contribution < 1.29 is 28.5 Å². The van der Waals surface area contributed by atoms with E-state index >= 15 is 0 Å². The van der Waals surface area contributed by atoms with E-state index in [0.717, 1.165) is 0 Å². The number of furan rings is 1. The lowest BCUT2D eigenvalue weighted by atomic mass is 10.2. The van der Waals surface area contributed by atoms with E-state index in [1.807, 2.05) is 0 Å². The van der Waals surface area contributed by atoms with Crippen LogP contribution in [0.2, 0.25) is 0 Å². The molecule has 0 bridgehead atoms. The summed E-state index contributed by atoms with van der Waals surface area (Å²) in [6.45, 7) is -0.164. The van der Waals surface area contributed by atoms with E-state index in [1.54, 1.807) is 6.07 Å². The molecule has 10 nitrogen and oxygen atoms in total. The van der Waals surface area contributed by atoms with Crippen LogP contribution < -0.4 is 5.32 Å². The van der Waals surface area contributed by atoms with Gasteiger partial charge in [0.15, 0.2) is 12.4 Å². The molecule has 0 saturated carbocycles. The molecule has 1 aliphatic heterocycles. The number of hydrogen-bond acceptors (Lipinski definition) is 7. The van der Waals surface area contributed by atoms with Gasteiger partial charge in [0.1, 0.15) is 6.04 Å².